The predicted molar refractivity (Wildman–Crippen MR) is 113 cm³/mol. The zero-order valence-electron chi connectivity index (χ0n) is 16.9. The highest BCUT2D eigenvalue weighted by Crippen LogP contribution is 2.40. The number of allylic oxidation sites excluding steroid dienone is 1. The highest BCUT2D eigenvalue weighted by molar-refractivity contribution is 6.03. The third-order valence-electron chi connectivity index (χ3n) is 5.01. The van der Waals surface area contributed by atoms with Crippen LogP contribution in [0.1, 0.15) is 24.0 Å². The van der Waals surface area contributed by atoms with E-state index in [4.69, 9.17) is 0 Å². The molecule has 6 nitrogen and oxygen atoms in total. The van der Waals surface area contributed by atoms with E-state index in [-0.39, 0.29) is 30.1 Å². The zero-order chi connectivity index (χ0) is 21.0. The van der Waals surface area contributed by atoms with E-state index in [1.165, 1.54) is 0 Å². The second kappa shape index (κ2) is 8.61. The molecule has 1 amide bonds. The Balaban J connectivity index is 1.64. The molecule has 0 spiro atoms. The van der Waals surface area contributed by atoms with Crippen molar-refractivity contribution < 1.29 is 9.59 Å². The number of fused-ring (bicyclic) bond motifs is 1. The molecule has 1 heterocycles. The van der Waals surface area contributed by atoms with Crippen LogP contribution in [-0.4, -0.2) is 25.8 Å². The van der Waals surface area contributed by atoms with Crippen LogP contribution in [0.4, 0.5) is 11.4 Å². The first-order chi connectivity index (χ1) is 13.9. The molecule has 148 valence electrons. The average molecular weight is 388 g/mol. The van der Waals surface area contributed by atoms with E-state index in [1.54, 1.807) is 0 Å². The van der Waals surface area contributed by atoms with Gasteiger partial charge in [-0.2, -0.15) is 5.26 Å². The second-order valence-electron chi connectivity index (χ2n) is 7.11. The standard InChI is InChI=1S/C23H24N4O2/c1-16-7-6-8-17(13-16)15-25-22(29)12-11-21(28)18(14-24)23-26(2)19-9-4-5-10-20(19)27(23)3/h4-10,13H,11-12,15H2,1-3H3,(H,25,29). The monoisotopic (exact) mass is 388 g/mol. The van der Waals surface area contributed by atoms with Gasteiger partial charge in [0, 0.05) is 33.5 Å². The number of Topliss-reactive ketones (excluding diaryl/α,β-unsaturated/α-hetero) is 1. The van der Waals surface area contributed by atoms with Crippen LogP contribution in [0.3, 0.4) is 0 Å². The molecule has 6 heteroatoms. The van der Waals surface area contributed by atoms with Crippen LogP contribution in [0.5, 0.6) is 0 Å². The molecule has 1 N–H and O–H groups in total. The molecule has 3 rings (SSSR count). The van der Waals surface area contributed by atoms with Crippen molar-refractivity contribution in [1.29, 1.82) is 5.26 Å². The Labute approximate surface area is 171 Å². The first kappa shape index (κ1) is 20.2. The Bertz CT molecular complexity index is 989. The van der Waals surface area contributed by atoms with Gasteiger partial charge in [-0.25, -0.2) is 0 Å². The number of hydrogen-bond acceptors (Lipinski definition) is 5. The molecule has 0 aromatic heterocycles. The Hall–Kier alpha value is -3.59. The van der Waals surface area contributed by atoms with Crippen LogP contribution < -0.4 is 15.1 Å². The highest BCUT2D eigenvalue weighted by Gasteiger charge is 2.31. The normalized spacial score (nSPS) is 12.4. The molecule has 2 aromatic carbocycles. The van der Waals surface area contributed by atoms with E-state index in [0.29, 0.717) is 12.4 Å². The summed E-state index contributed by atoms with van der Waals surface area (Å²) in [4.78, 5) is 28.5. The van der Waals surface area contributed by atoms with Gasteiger partial charge in [0.1, 0.15) is 17.5 Å². The van der Waals surface area contributed by atoms with E-state index < -0.39 is 0 Å². The molecular formula is C23H24N4O2. The summed E-state index contributed by atoms with van der Waals surface area (Å²) in [6.45, 7) is 2.41. The van der Waals surface area contributed by atoms with Crippen LogP contribution in [0.2, 0.25) is 0 Å². The molecule has 29 heavy (non-hydrogen) atoms. The van der Waals surface area contributed by atoms with Gasteiger partial charge in [-0.1, -0.05) is 42.0 Å². The summed E-state index contributed by atoms with van der Waals surface area (Å²) in [6.07, 6.45) is 0.0353. The lowest BCUT2D eigenvalue weighted by atomic mass is 10.1. The number of carbonyl (C=O) groups is 2. The maximum atomic E-state index is 12.7. The molecule has 0 radical (unpaired) electrons. The second-order valence-corrected chi connectivity index (χ2v) is 7.11. The molecule has 0 fully saturated rings. The molecule has 0 saturated heterocycles. The van der Waals surface area contributed by atoms with E-state index in [9.17, 15) is 14.9 Å². The average Bonchev–Trinajstić information content (AvgIpc) is 2.97. The van der Waals surface area contributed by atoms with Crippen molar-refractivity contribution in [3.8, 4) is 6.07 Å². The van der Waals surface area contributed by atoms with Crippen LogP contribution in [-0.2, 0) is 16.1 Å². The highest BCUT2D eigenvalue weighted by atomic mass is 16.2. The predicted octanol–water partition coefficient (Wildman–Crippen LogP) is 3.28. The van der Waals surface area contributed by atoms with Gasteiger partial charge in [0.05, 0.1) is 11.4 Å². The number of benzene rings is 2. The van der Waals surface area contributed by atoms with Crippen LogP contribution in [0, 0.1) is 18.3 Å². The van der Waals surface area contributed by atoms with E-state index >= 15 is 0 Å². The number of anilines is 2. The number of nitrogens with zero attached hydrogens (tertiary/aromatic N) is 3. The first-order valence-electron chi connectivity index (χ1n) is 9.48. The lowest BCUT2D eigenvalue weighted by Crippen LogP contribution is -2.27. The number of para-hydroxylation sites is 2. The van der Waals surface area contributed by atoms with E-state index in [1.807, 2.05) is 85.4 Å². The van der Waals surface area contributed by atoms with Crippen molar-refractivity contribution >= 4 is 23.1 Å². The molecule has 2 aromatic rings. The topological polar surface area (TPSA) is 76.4 Å². The summed E-state index contributed by atoms with van der Waals surface area (Å²) in [6, 6.07) is 17.6. The SMILES string of the molecule is Cc1cccc(CNC(=O)CCC(=O)C(C#N)=C2N(C)c3ccccc3N2C)c1. The van der Waals surface area contributed by atoms with Gasteiger partial charge < -0.3 is 15.1 Å². The summed E-state index contributed by atoms with van der Waals surface area (Å²) in [5, 5.41) is 12.5. The van der Waals surface area contributed by atoms with Gasteiger partial charge in [-0.15, -0.1) is 0 Å². The summed E-state index contributed by atoms with van der Waals surface area (Å²) in [5.74, 6) is -0.00264. The number of nitriles is 1. The minimum Gasteiger partial charge on any atom is -0.352 e. The molecule has 0 bridgehead atoms. The number of nitrogens with one attached hydrogen (secondary N) is 1. The molecule has 1 aliphatic rings. The minimum atomic E-state index is -0.334. The molecular weight excluding hydrogens is 364 g/mol. The first-order valence-corrected chi connectivity index (χ1v) is 9.48. The number of aryl methyl sites for hydroxylation is 1. The van der Waals surface area contributed by atoms with Crippen LogP contribution >= 0.6 is 0 Å². The number of carbonyl (C=O) groups excluding carboxylic acids is 2. The molecule has 1 aliphatic heterocycles. The van der Waals surface area contributed by atoms with Crippen molar-refractivity contribution in [3.63, 3.8) is 0 Å². The maximum Gasteiger partial charge on any atom is 0.220 e. The number of ketones is 1. The Kier molecular flexibility index (Phi) is 5.99. The van der Waals surface area contributed by atoms with Crippen molar-refractivity contribution in [2.24, 2.45) is 0 Å². The van der Waals surface area contributed by atoms with E-state index in [2.05, 4.69) is 5.32 Å². The Morgan fingerprint density at radius 3 is 2.24 bits per heavy atom. The van der Waals surface area contributed by atoms with Gasteiger partial charge in [-0.3, -0.25) is 9.59 Å². The lowest BCUT2D eigenvalue weighted by molar-refractivity contribution is -0.124. The van der Waals surface area contributed by atoms with Gasteiger partial charge in [0.25, 0.3) is 0 Å². The Morgan fingerprint density at radius 1 is 1.00 bits per heavy atom. The third kappa shape index (κ3) is 4.30. The van der Waals surface area contributed by atoms with Gasteiger partial charge >= 0.3 is 0 Å². The fourth-order valence-electron chi connectivity index (χ4n) is 3.52. The number of rotatable bonds is 6. The van der Waals surface area contributed by atoms with Crippen LogP contribution in [0.25, 0.3) is 0 Å². The maximum absolute atomic E-state index is 12.7. The molecule has 0 atom stereocenters. The fourth-order valence-corrected chi connectivity index (χ4v) is 3.52. The van der Waals surface area contributed by atoms with Crippen LogP contribution in [0.15, 0.2) is 59.9 Å². The van der Waals surface area contributed by atoms with Crippen molar-refractivity contribution in [3.05, 3.63) is 71.1 Å². The summed E-state index contributed by atoms with van der Waals surface area (Å²) in [5.41, 5.74) is 4.07. The number of hydrogen-bond donors (Lipinski definition) is 1. The van der Waals surface area contributed by atoms with Gasteiger partial charge in [0.2, 0.25) is 5.91 Å². The van der Waals surface area contributed by atoms with Gasteiger partial charge in [0.15, 0.2) is 5.78 Å². The summed E-state index contributed by atoms with van der Waals surface area (Å²) >= 11 is 0. The largest absolute Gasteiger partial charge is 0.352 e. The summed E-state index contributed by atoms with van der Waals surface area (Å²) in [7, 11) is 3.66. The quantitative estimate of drug-likeness (QED) is 0.607. The fraction of sp³-hybridized carbons (Fsp3) is 0.261. The van der Waals surface area contributed by atoms with Crippen molar-refractivity contribution in [2.45, 2.75) is 26.3 Å². The lowest BCUT2D eigenvalue weighted by Gasteiger charge is -2.19. The number of amides is 1. The zero-order valence-corrected chi connectivity index (χ0v) is 16.9. The van der Waals surface area contributed by atoms with Crippen molar-refractivity contribution in [2.75, 3.05) is 23.9 Å². The Morgan fingerprint density at radius 2 is 1.66 bits per heavy atom. The minimum absolute atomic E-state index is 0.00985. The van der Waals surface area contributed by atoms with Gasteiger partial charge in [-0.05, 0) is 24.6 Å². The van der Waals surface area contributed by atoms with Crippen molar-refractivity contribution in [1.82, 2.24) is 5.32 Å². The molecule has 0 unspecified atom stereocenters. The molecule has 0 aliphatic carbocycles. The summed E-state index contributed by atoms with van der Waals surface area (Å²) < 4.78 is 0. The van der Waals surface area contributed by atoms with E-state index in [0.717, 1.165) is 22.5 Å². The molecule has 0 saturated carbocycles. The third-order valence-corrected chi connectivity index (χ3v) is 5.01. The smallest absolute Gasteiger partial charge is 0.220 e.